The smallest absolute Gasteiger partial charge is 0.150 e. The molecule has 1 aromatic carbocycles. The number of nitriles is 1. The van der Waals surface area contributed by atoms with Crippen LogP contribution in [0.4, 0.5) is 15.8 Å². The third kappa shape index (κ3) is 3.53. The van der Waals surface area contributed by atoms with Crippen molar-refractivity contribution in [3.8, 4) is 11.8 Å². The molecule has 0 saturated carbocycles. The minimum atomic E-state index is -0.373. The van der Waals surface area contributed by atoms with Gasteiger partial charge in [0.25, 0.3) is 0 Å². The largest absolute Gasteiger partial charge is 0.497 e. The predicted molar refractivity (Wildman–Crippen MR) is 83.7 cm³/mol. The van der Waals surface area contributed by atoms with Gasteiger partial charge in [0.1, 0.15) is 11.8 Å². The van der Waals surface area contributed by atoms with Crippen molar-refractivity contribution in [2.75, 3.05) is 18.6 Å². The van der Waals surface area contributed by atoms with E-state index >= 15 is 0 Å². The van der Waals surface area contributed by atoms with Crippen LogP contribution >= 0.6 is 0 Å². The standard InChI is InChI=1S/C17H18FN3O/c1-12(2)11-21(14-6-13(8-19)9-20-10-14)17-5-4-15(22-3)7-16(17)18/h4-7,9-10,12H,11H2,1-3H3. The lowest BCUT2D eigenvalue weighted by Gasteiger charge is -2.27. The highest BCUT2D eigenvalue weighted by Crippen LogP contribution is 2.31. The normalized spacial score (nSPS) is 10.4. The molecule has 0 N–H and O–H groups in total. The van der Waals surface area contributed by atoms with Crippen molar-refractivity contribution in [2.24, 2.45) is 5.92 Å². The molecule has 0 aliphatic heterocycles. The number of hydrogen-bond donors (Lipinski definition) is 0. The number of aromatic nitrogens is 1. The van der Waals surface area contributed by atoms with Crippen LogP contribution in [-0.4, -0.2) is 18.6 Å². The van der Waals surface area contributed by atoms with Gasteiger partial charge in [0.15, 0.2) is 5.82 Å². The molecule has 0 fully saturated rings. The SMILES string of the molecule is COc1ccc(N(CC(C)C)c2cncc(C#N)c2)c(F)c1. The number of benzene rings is 1. The molecule has 1 heterocycles. The molecule has 0 aliphatic rings. The van der Waals surface area contributed by atoms with Gasteiger partial charge in [-0.25, -0.2) is 4.39 Å². The molecule has 0 spiro atoms. The molecule has 0 amide bonds. The Morgan fingerprint density at radius 2 is 2.09 bits per heavy atom. The van der Waals surface area contributed by atoms with E-state index in [0.29, 0.717) is 35.2 Å². The molecule has 2 rings (SSSR count). The maximum Gasteiger partial charge on any atom is 0.150 e. The summed E-state index contributed by atoms with van der Waals surface area (Å²) in [5, 5.41) is 9.02. The van der Waals surface area contributed by atoms with Crippen LogP contribution in [0, 0.1) is 23.1 Å². The summed E-state index contributed by atoms with van der Waals surface area (Å²) in [7, 11) is 1.50. The molecule has 114 valence electrons. The van der Waals surface area contributed by atoms with Gasteiger partial charge >= 0.3 is 0 Å². The highest BCUT2D eigenvalue weighted by Gasteiger charge is 2.16. The van der Waals surface area contributed by atoms with Crippen molar-refractivity contribution in [3.63, 3.8) is 0 Å². The van der Waals surface area contributed by atoms with Gasteiger partial charge in [0, 0.05) is 18.8 Å². The number of anilines is 2. The lowest BCUT2D eigenvalue weighted by atomic mass is 10.1. The van der Waals surface area contributed by atoms with E-state index in [9.17, 15) is 4.39 Å². The van der Waals surface area contributed by atoms with Crippen LogP contribution in [0.3, 0.4) is 0 Å². The van der Waals surface area contributed by atoms with Crippen LogP contribution in [0.2, 0.25) is 0 Å². The van der Waals surface area contributed by atoms with Crippen LogP contribution in [0.25, 0.3) is 0 Å². The Bertz CT molecular complexity index is 695. The second-order valence-corrected chi connectivity index (χ2v) is 5.37. The second kappa shape index (κ2) is 6.90. The molecule has 0 atom stereocenters. The minimum Gasteiger partial charge on any atom is -0.497 e. The van der Waals surface area contributed by atoms with Crippen LogP contribution in [-0.2, 0) is 0 Å². The number of nitrogens with zero attached hydrogens (tertiary/aromatic N) is 3. The molecule has 4 nitrogen and oxygen atoms in total. The van der Waals surface area contributed by atoms with Gasteiger partial charge in [-0.1, -0.05) is 13.8 Å². The summed E-state index contributed by atoms with van der Waals surface area (Å²) >= 11 is 0. The summed E-state index contributed by atoms with van der Waals surface area (Å²) in [6, 6.07) is 8.51. The highest BCUT2D eigenvalue weighted by molar-refractivity contribution is 5.65. The van der Waals surface area contributed by atoms with Crippen molar-refractivity contribution in [1.29, 1.82) is 5.26 Å². The molecule has 0 aliphatic carbocycles. The van der Waals surface area contributed by atoms with Crippen LogP contribution in [0.1, 0.15) is 19.4 Å². The van der Waals surface area contributed by atoms with E-state index in [4.69, 9.17) is 10.00 Å². The molecule has 0 saturated heterocycles. The van der Waals surface area contributed by atoms with E-state index in [1.807, 2.05) is 4.90 Å². The molecule has 2 aromatic rings. The van der Waals surface area contributed by atoms with Gasteiger partial charge in [0.05, 0.1) is 30.2 Å². The molecular formula is C17H18FN3O. The monoisotopic (exact) mass is 299 g/mol. The van der Waals surface area contributed by atoms with E-state index in [0.717, 1.165) is 0 Å². The first-order chi connectivity index (χ1) is 10.5. The zero-order chi connectivity index (χ0) is 16.1. The first-order valence-electron chi connectivity index (χ1n) is 7.01. The van der Waals surface area contributed by atoms with E-state index in [1.165, 1.54) is 19.4 Å². The van der Waals surface area contributed by atoms with E-state index in [2.05, 4.69) is 24.9 Å². The summed E-state index contributed by atoms with van der Waals surface area (Å²) in [5.41, 5.74) is 1.57. The Hall–Kier alpha value is -2.61. The van der Waals surface area contributed by atoms with Gasteiger partial charge in [-0.05, 0) is 24.1 Å². The van der Waals surface area contributed by atoms with Crippen molar-refractivity contribution >= 4 is 11.4 Å². The summed E-state index contributed by atoms with van der Waals surface area (Å²) in [6.45, 7) is 4.71. The minimum absolute atomic E-state index is 0.312. The molecule has 0 bridgehead atoms. The van der Waals surface area contributed by atoms with Crippen molar-refractivity contribution < 1.29 is 9.13 Å². The van der Waals surface area contributed by atoms with E-state index in [1.54, 1.807) is 24.4 Å². The Morgan fingerprint density at radius 3 is 2.68 bits per heavy atom. The lowest BCUT2D eigenvalue weighted by molar-refractivity contribution is 0.411. The van der Waals surface area contributed by atoms with Gasteiger partial charge in [-0.3, -0.25) is 4.98 Å². The molecule has 5 heteroatoms. The topological polar surface area (TPSA) is 49.1 Å². The van der Waals surface area contributed by atoms with Crippen molar-refractivity contribution in [1.82, 2.24) is 4.98 Å². The first kappa shape index (κ1) is 15.8. The second-order valence-electron chi connectivity index (χ2n) is 5.37. The van der Waals surface area contributed by atoms with Gasteiger partial charge in [-0.2, -0.15) is 5.26 Å². The Labute approximate surface area is 129 Å². The summed E-state index contributed by atoms with van der Waals surface area (Å²) in [6.07, 6.45) is 3.12. The predicted octanol–water partition coefficient (Wildman–Crippen LogP) is 3.90. The fraction of sp³-hybridized carbons (Fsp3) is 0.294. The molecule has 1 aromatic heterocycles. The van der Waals surface area contributed by atoms with E-state index in [-0.39, 0.29) is 5.82 Å². The molecule has 0 radical (unpaired) electrons. The number of halogens is 1. The van der Waals surface area contributed by atoms with Crippen LogP contribution in [0.5, 0.6) is 5.75 Å². The fourth-order valence-electron chi connectivity index (χ4n) is 2.18. The Kier molecular flexibility index (Phi) is 4.95. The first-order valence-corrected chi connectivity index (χ1v) is 7.01. The third-order valence-corrected chi connectivity index (χ3v) is 3.16. The van der Waals surface area contributed by atoms with Gasteiger partial charge in [0.2, 0.25) is 0 Å². The van der Waals surface area contributed by atoms with E-state index < -0.39 is 0 Å². The fourth-order valence-corrected chi connectivity index (χ4v) is 2.18. The maximum absolute atomic E-state index is 14.4. The maximum atomic E-state index is 14.4. The number of rotatable bonds is 5. The summed E-state index contributed by atoms with van der Waals surface area (Å²) < 4.78 is 19.4. The average molecular weight is 299 g/mol. The van der Waals surface area contributed by atoms with Crippen molar-refractivity contribution in [3.05, 3.63) is 48.0 Å². The Morgan fingerprint density at radius 1 is 1.32 bits per heavy atom. The Balaban J connectivity index is 2.48. The third-order valence-electron chi connectivity index (χ3n) is 3.16. The number of methoxy groups -OCH3 is 1. The summed E-state index contributed by atoms with van der Waals surface area (Å²) in [5.74, 6) is 0.407. The van der Waals surface area contributed by atoms with Gasteiger partial charge < -0.3 is 9.64 Å². The average Bonchev–Trinajstić information content (AvgIpc) is 2.52. The molecule has 22 heavy (non-hydrogen) atoms. The van der Waals surface area contributed by atoms with Gasteiger partial charge in [-0.15, -0.1) is 0 Å². The number of hydrogen-bond acceptors (Lipinski definition) is 4. The quantitative estimate of drug-likeness (QED) is 0.840. The van der Waals surface area contributed by atoms with Crippen LogP contribution < -0.4 is 9.64 Å². The molecular weight excluding hydrogens is 281 g/mol. The lowest BCUT2D eigenvalue weighted by Crippen LogP contribution is -2.23. The highest BCUT2D eigenvalue weighted by atomic mass is 19.1. The zero-order valence-corrected chi connectivity index (χ0v) is 12.9. The zero-order valence-electron chi connectivity index (χ0n) is 12.9. The van der Waals surface area contributed by atoms with Crippen molar-refractivity contribution in [2.45, 2.75) is 13.8 Å². The number of ether oxygens (including phenoxy) is 1. The van der Waals surface area contributed by atoms with Crippen LogP contribution in [0.15, 0.2) is 36.7 Å². The number of pyridine rings is 1. The summed E-state index contributed by atoms with van der Waals surface area (Å²) in [4.78, 5) is 5.89. The molecule has 0 unspecified atom stereocenters.